The van der Waals surface area contributed by atoms with Gasteiger partial charge in [0.05, 0.1) is 18.6 Å². The molecule has 136 valence electrons. The van der Waals surface area contributed by atoms with Crippen LogP contribution in [0.3, 0.4) is 0 Å². The van der Waals surface area contributed by atoms with Crippen LogP contribution in [0.1, 0.15) is 58.8 Å². The zero-order valence-electron chi connectivity index (χ0n) is 13.9. The molecular formula is C16H30O7. The molecular weight excluding hydrogens is 304 g/mol. The number of hydrogen-bond donors (Lipinski definition) is 4. The Morgan fingerprint density at radius 2 is 1.74 bits per heavy atom. The molecule has 0 bridgehead atoms. The van der Waals surface area contributed by atoms with Crippen LogP contribution in [0.15, 0.2) is 0 Å². The molecule has 0 aromatic rings. The number of ether oxygens (including phenoxy) is 2. The number of carboxylic acids is 1. The second-order valence-corrected chi connectivity index (χ2v) is 6.24. The smallest absolute Gasteiger partial charge is 0.305 e. The third-order valence-corrected chi connectivity index (χ3v) is 4.17. The van der Waals surface area contributed by atoms with Crippen LogP contribution in [0, 0.1) is 0 Å². The SMILES string of the molecule is CCCCCCC[C@H](CC(=O)O)OC1OC(C)C(O)C(O)C1O. The first-order valence-corrected chi connectivity index (χ1v) is 8.43. The van der Waals surface area contributed by atoms with E-state index in [-0.39, 0.29) is 6.42 Å². The lowest BCUT2D eigenvalue weighted by molar-refractivity contribution is -0.304. The first-order chi connectivity index (χ1) is 10.9. The molecule has 0 aromatic carbocycles. The van der Waals surface area contributed by atoms with Crippen molar-refractivity contribution < 1.29 is 34.7 Å². The van der Waals surface area contributed by atoms with Crippen molar-refractivity contribution in [2.75, 3.05) is 0 Å². The third kappa shape index (κ3) is 6.73. The largest absolute Gasteiger partial charge is 0.481 e. The minimum atomic E-state index is -1.41. The fraction of sp³-hybridized carbons (Fsp3) is 0.938. The van der Waals surface area contributed by atoms with Gasteiger partial charge in [0, 0.05) is 0 Å². The summed E-state index contributed by atoms with van der Waals surface area (Å²) in [6.45, 7) is 3.69. The van der Waals surface area contributed by atoms with E-state index in [1.165, 1.54) is 0 Å². The Hall–Kier alpha value is -0.730. The molecule has 1 fully saturated rings. The average Bonchev–Trinajstić information content (AvgIpc) is 2.49. The summed E-state index contributed by atoms with van der Waals surface area (Å²) in [5, 5.41) is 38.4. The van der Waals surface area contributed by atoms with Crippen LogP contribution in [0.5, 0.6) is 0 Å². The lowest BCUT2D eigenvalue weighted by Gasteiger charge is -2.40. The molecule has 23 heavy (non-hydrogen) atoms. The second-order valence-electron chi connectivity index (χ2n) is 6.24. The van der Waals surface area contributed by atoms with Crippen LogP contribution < -0.4 is 0 Å². The van der Waals surface area contributed by atoms with E-state index in [4.69, 9.17) is 14.6 Å². The van der Waals surface area contributed by atoms with Gasteiger partial charge in [0.1, 0.15) is 18.3 Å². The van der Waals surface area contributed by atoms with E-state index < -0.39 is 42.8 Å². The monoisotopic (exact) mass is 334 g/mol. The summed E-state index contributed by atoms with van der Waals surface area (Å²) in [4.78, 5) is 11.0. The Bertz CT molecular complexity index is 349. The molecule has 1 aliphatic heterocycles. The predicted molar refractivity (Wildman–Crippen MR) is 82.9 cm³/mol. The first kappa shape index (κ1) is 20.3. The van der Waals surface area contributed by atoms with E-state index in [0.717, 1.165) is 32.1 Å². The summed E-state index contributed by atoms with van der Waals surface area (Å²) in [6.07, 6.45) is -0.829. The quantitative estimate of drug-likeness (QED) is 0.441. The predicted octanol–water partition coefficient (Wildman–Crippen LogP) is 1.03. The maximum absolute atomic E-state index is 11.0. The molecule has 0 aromatic heterocycles. The number of aliphatic hydroxyl groups excluding tert-OH is 3. The summed E-state index contributed by atoms with van der Waals surface area (Å²) >= 11 is 0. The fourth-order valence-corrected chi connectivity index (χ4v) is 2.70. The van der Waals surface area contributed by atoms with E-state index in [1.54, 1.807) is 6.92 Å². The standard InChI is InChI=1S/C16H30O7/c1-3-4-5-6-7-8-11(9-12(17)18)23-16-15(21)14(20)13(19)10(2)22-16/h10-11,13-16,19-21H,3-9H2,1-2H3,(H,17,18)/t10?,11-,13?,14?,15?,16?/m1/s1. The highest BCUT2D eigenvalue weighted by Gasteiger charge is 2.43. The highest BCUT2D eigenvalue weighted by molar-refractivity contribution is 5.67. The van der Waals surface area contributed by atoms with E-state index in [9.17, 15) is 20.1 Å². The van der Waals surface area contributed by atoms with Crippen LogP contribution in [0.2, 0.25) is 0 Å². The summed E-state index contributed by atoms with van der Waals surface area (Å²) in [6, 6.07) is 0. The van der Waals surface area contributed by atoms with Crippen molar-refractivity contribution in [2.45, 2.75) is 95.6 Å². The van der Waals surface area contributed by atoms with Crippen molar-refractivity contribution in [3.8, 4) is 0 Å². The molecule has 1 aliphatic rings. The third-order valence-electron chi connectivity index (χ3n) is 4.17. The minimum Gasteiger partial charge on any atom is -0.481 e. The van der Waals surface area contributed by atoms with Crippen molar-refractivity contribution in [3.63, 3.8) is 0 Å². The van der Waals surface area contributed by atoms with Gasteiger partial charge in [0.25, 0.3) is 0 Å². The fourth-order valence-electron chi connectivity index (χ4n) is 2.70. The molecule has 0 saturated carbocycles. The van der Waals surface area contributed by atoms with Crippen LogP contribution in [-0.4, -0.2) is 63.2 Å². The van der Waals surface area contributed by atoms with E-state index in [2.05, 4.69) is 6.92 Å². The lowest BCUT2D eigenvalue weighted by atomic mass is 9.99. The normalized spacial score (nSPS) is 32.7. The molecule has 0 spiro atoms. The summed E-state index contributed by atoms with van der Waals surface area (Å²) in [5.41, 5.74) is 0. The van der Waals surface area contributed by atoms with Crippen LogP contribution in [0.4, 0.5) is 0 Å². The zero-order chi connectivity index (χ0) is 17.4. The number of carboxylic acid groups (broad SMARTS) is 1. The first-order valence-electron chi connectivity index (χ1n) is 8.43. The van der Waals surface area contributed by atoms with Crippen LogP contribution in [0.25, 0.3) is 0 Å². The molecule has 5 unspecified atom stereocenters. The second kappa shape index (κ2) is 10.2. The van der Waals surface area contributed by atoms with Gasteiger partial charge in [-0.25, -0.2) is 0 Å². The minimum absolute atomic E-state index is 0.187. The Labute approximate surface area is 137 Å². The number of aliphatic carboxylic acids is 1. The molecule has 7 nitrogen and oxygen atoms in total. The van der Waals surface area contributed by atoms with Crippen molar-refractivity contribution in [3.05, 3.63) is 0 Å². The highest BCUT2D eigenvalue weighted by Crippen LogP contribution is 2.24. The van der Waals surface area contributed by atoms with E-state index in [1.807, 2.05) is 0 Å². The molecule has 1 saturated heterocycles. The number of carbonyl (C=O) groups is 1. The van der Waals surface area contributed by atoms with Crippen molar-refractivity contribution in [2.24, 2.45) is 0 Å². The van der Waals surface area contributed by atoms with Crippen LogP contribution in [-0.2, 0) is 14.3 Å². The van der Waals surface area contributed by atoms with Crippen molar-refractivity contribution in [1.29, 1.82) is 0 Å². The number of unbranched alkanes of at least 4 members (excludes halogenated alkanes) is 4. The topological polar surface area (TPSA) is 116 Å². The number of hydrogen-bond acceptors (Lipinski definition) is 6. The molecule has 7 heteroatoms. The van der Waals surface area contributed by atoms with Gasteiger partial charge in [0.15, 0.2) is 6.29 Å². The Balaban J connectivity index is 2.52. The van der Waals surface area contributed by atoms with Gasteiger partial charge >= 0.3 is 5.97 Å². The van der Waals surface area contributed by atoms with E-state index in [0.29, 0.717) is 6.42 Å². The zero-order valence-corrected chi connectivity index (χ0v) is 13.9. The summed E-state index contributed by atoms with van der Waals surface area (Å²) in [7, 11) is 0. The molecule has 0 radical (unpaired) electrons. The van der Waals surface area contributed by atoms with Gasteiger partial charge in [-0.05, 0) is 13.3 Å². The van der Waals surface area contributed by atoms with Gasteiger partial charge in [0.2, 0.25) is 0 Å². The molecule has 4 N–H and O–H groups in total. The van der Waals surface area contributed by atoms with Crippen LogP contribution >= 0.6 is 0 Å². The summed E-state index contributed by atoms with van der Waals surface area (Å²) < 4.78 is 10.9. The van der Waals surface area contributed by atoms with Gasteiger partial charge in [-0.1, -0.05) is 39.0 Å². The Kier molecular flexibility index (Phi) is 9.01. The molecule has 1 rings (SSSR count). The number of rotatable bonds is 10. The lowest BCUT2D eigenvalue weighted by Crippen LogP contribution is -2.58. The summed E-state index contributed by atoms with van der Waals surface area (Å²) in [5.74, 6) is -0.984. The average molecular weight is 334 g/mol. The molecule has 0 aliphatic carbocycles. The van der Waals surface area contributed by atoms with Gasteiger partial charge in [-0.3, -0.25) is 4.79 Å². The molecule has 6 atom stereocenters. The van der Waals surface area contributed by atoms with Gasteiger partial charge in [-0.15, -0.1) is 0 Å². The maximum Gasteiger partial charge on any atom is 0.305 e. The molecule has 0 amide bonds. The number of aliphatic hydroxyl groups is 3. The van der Waals surface area contributed by atoms with Crippen molar-refractivity contribution >= 4 is 5.97 Å². The highest BCUT2D eigenvalue weighted by atomic mass is 16.7. The maximum atomic E-state index is 11.0. The van der Waals surface area contributed by atoms with Gasteiger partial charge < -0.3 is 29.9 Å². The Morgan fingerprint density at radius 3 is 2.35 bits per heavy atom. The Morgan fingerprint density at radius 1 is 1.09 bits per heavy atom. The van der Waals surface area contributed by atoms with Gasteiger partial charge in [-0.2, -0.15) is 0 Å². The molecule has 1 heterocycles. The van der Waals surface area contributed by atoms with Crippen molar-refractivity contribution in [1.82, 2.24) is 0 Å². The van der Waals surface area contributed by atoms with E-state index >= 15 is 0 Å².